The van der Waals surface area contributed by atoms with E-state index in [2.05, 4.69) is 9.97 Å². The first-order chi connectivity index (χ1) is 4.47. The van der Waals surface area contributed by atoms with Crippen molar-refractivity contribution in [2.24, 2.45) is 0 Å². The van der Waals surface area contributed by atoms with Crippen LogP contribution in [0.25, 0.3) is 11.0 Å². The number of rotatable bonds is 0. The van der Waals surface area contributed by atoms with E-state index in [0.29, 0.717) is 0 Å². The molecule has 3 heteroatoms. The molecular weight excluding hydrogens is 279 g/mol. The van der Waals surface area contributed by atoms with Crippen molar-refractivity contribution in [3.63, 3.8) is 0 Å². The van der Waals surface area contributed by atoms with Gasteiger partial charge in [-0.2, -0.15) is 0 Å². The standard InChI is InChI=1S/C7H6N2.Er/c1-2-4-7-6(3-1)8-5-9-7;/h1-5H,(H,8,9);. The third kappa shape index (κ3) is 1.33. The molecule has 0 aliphatic rings. The fourth-order valence-corrected chi connectivity index (χ4v) is 0.880. The van der Waals surface area contributed by atoms with Gasteiger partial charge >= 0.3 is 0 Å². The zero-order valence-corrected chi connectivity index (χ0v) is 6.97. The molecule has 0 saturated carbocycles. The number of imidazole rings is 1. The quantitative estimate of drug-likeness (QED) is 0.782. The molecular formula is C7H6ErN2. The summed E-state index contributed by atoms with van der Waals surface area (Å²) in [5.41, 5.74) is 2.12. The summed E-state index contributed by atoms with van der Waals surface area (Å²) in [6.45, 7) is 0. The van der Waals surface area contributed by atoms with Gasteiger partial charge in [0, 0.05) is 37.3 Å². The summed E-state index contributed by atoms with van der Waals surface area (Å²) >= 11 is 0. The molecule has 0 fully saturated rings. The predicted octanol–water partition coefficient (Wildman–Crippen LogP) is 1.56. The van der Waals surface area contributed by atoms with Gasteiger partial charge in [0.2, 0.25) is 0 Å². The zero-order chi connectivity index (χ0) is 6.10. The first-order valence-corrected chi connectivity index (χ1v) is 2.85. The van der Waals surface area contributed by atoms with Crippen molar-refractivity contribution >= 4 is 11.0 Å². The van der Waals surface area contributed by atoms with Gasteiger partial charge in [-0.05, 0) is 12.1 Å². The molecule has 0 bridgehead atoms. The average Bonchev–Trinajstić information content (AvgIpc) is 2.33. The molecule has 0 unspecified atom stereocenters. The van der Waals surface area contributed by atoms with Gasteiger partial charge in [0.05, 0.1) is 17.4 Å². The Labute approximate surface area is 88.3 Å². The Bertz CT molecular complexity index is 286. The van der Waals surface area contributed by atoms with Crippen LogP contribution in [-0.4, -0.2) is 9.97 Å². The van der Waals surface area contributed by atoms with Gasteiger partial charge in [0.15, 0.2) is 0 Å². The van der Waals surface area contributed by atoms with Crippen molar-refractivity contribution in [3.05, 3.63) is 30.6 Å². The number of aromatic amines is 1. The van der Waals surface area contributed by atoms with E-state index >= 15 is 0 Å². The minimum Gasteiger partial charge on any atom is -0.345 e. The molecule has 2 nitrogen and oxygen atoms in total. The maximum atomic E-state index is 4.06. The second-order valence-corrected chi connectivity index (χ2v) is 1.92. The fourth-order valence-electron chi connectivity index (χ4n) is 0.880. The maximum Gasteiger partial charge on any atom is 0.0931 e. The molecule has 56 valence electrons. The Hall–Kier alpha value is -0.0632. The Morgan fingerprint density at radius 2 is 2.00 bits per heavy atom. The SMILES string of the molecule is [Er].c1ccc2[nH]cnc2c1. The van der Waals surface area contributed by atoms with Gasteiger partial charge in [0.1, 0.15) is 0 Å². The van der Waals surface area contributed by atoms with Crippen LogP contribution in [0.5, 0.6) is 0 Å². The Kier molecular flexibility index (Phi) is 2.70. The van der Waals surface area contributed by atoms with E-state index in [1.807, 2.05) is 24.3 Å². The van der Waals surface area contributed by atoms with Crippen molar-refractivity contribution in [1.82, 2.24) is 9.97 Å². The fraction of sp³-hybridized carbons (Fsp3) is 0. The number of hydrogen-bond donors (Lipinski definition) is 1. The topological polar surface area (TPSA) is 28.7 Å². The number of para-hydroxylation sites is 2. The number of hydrogen-bond acceptors (Lipinski definition) is 1. The molecule has 0 saturated heterocycles. The van der Waals surface area contributed by atoms with Gasteiger partial charge in [0.25, 0.3) is 0 Å². The minimum atomic E-state index is 0. The Morgan fingerprint density at radius 3 is 2.80 bits per heavy atom. The molecule has 0 amide bonds. The van der Waals surface area contributed by atoms with E-state index in [1.165, 1.54) is 0 Å². The molecule has 0 aliphatic heterocycles. The van der Waals surface area contributed by atoms with E-state index in [0.717, 1.165) is 11.0 Å². The molecule has 2 aromatic rings. The molecule has 0 spiro atoms. The number of nitrogens with one attached hydrogen (secondary N) is 1. The van der Waals surface area contributed by atoms with E-state index in [9.17, 15) is 0 Å². The van der Waals surface area contributed by atoms with Gasteiger partial charge in [-0.3, -0.25) is 0 Å². The Balaban J connectivity index is 0.000000500. The molecule has 10 heavy (non-hydrogen) atoms. The molecule has 0 aliphatic carbocycles. The van der Waals surface area contributed by atoms with Crippen LogP contribution < -0.4 is 0 Å². The molecule has 0 atom stereocenters. The van der Waals surface area contributed by atoms with Crippen molar-refractivity contribution in [3.8, 4) is 0 Å². The van der Waals surface area contributed by atoms with Crippen LogP contribution >= 0.6 is 0 Å². The first-order valence-electron chi connectivity index (χ1n) is 2.85. The summed E-state index contributed by atoms with van der Waals surface area (Å²) < 4.78 is 0. The van der Waals surface area contributed by atoms with Crippen LogP contribution in [0.2, 0.25) is 0 Å². The Morgan fingerprint density at radius 1 is 1.20 bits per heavy atom. The number of benzene rings is 1. The normalized spacial score (nSPS) is 9.20. The summed E-state index contributed by atoms with van der Waals surface area (Å²) in [6.07, 6.45) is 1.70. The molecule has 1 N–H and O–H groups in total. The van der Waals surface area contributed by atoms with Crippen LogP contribution in [-0.2, 0) is 0 Å². The third-order valence-corrected chi connectivity index (χ3v) is 1.33. The summed E-state index contributed by atoms with van der Waals surface area (Å²) in [5, 5.41) is 0. The monoisotopic (exact) mass is 284 g/mol. The summed E-state index contributed by atoms with van der Waals surface area (Å²) in [4.78, 5) is 7.07. The first kappa shape index (κ1) is 8.04. The van der Waals surface area contributed by atoms with E-state index < -0.39 is 0 Å². The maximum absolute atomic E-state index is 4.06. The van der Waals surface area contributed by atoms with Crippen LogP contribution in [0.1, 0.15) is 0 Å². The van der Waals surface area contributed by atoms with Crippen LogP contribution in [0.15, 0.2) is 30.6 Å². The van der Waals surface area contributed by atoms with Crippen LogP contribution in [0, 0.1) is 37.3 Å². The summed E-state index contributed by atoms with van der Waals surface area (Å²) in [6, 6.07) is 7.94. The van der Waals surface area contributed by atoms with E-state index in [1.54, 1.807) is 6.33 Å². The molecule has 2 rings (SSSR count). The van der Waals surface area contributed by atoms with Crippen molar-refractivity contribution in [2.75, 3.05) is 0 Å². The van der Waals surface area contributed by atoms with Gasteiger partial charge in [-0.1, -0.05) is 12.1 Å². The van der Waals surface area contributed by atoms with Crippen LogP contribution in [0.4, 0.5) is 0 Å². The van der Waals surface area contributed by atoms with Crippen LogP contribution in [0.3, 0.4) is 0 Å². The van der Waals surface area contributed by atoms with E-state index in [4.69, 9.17) is 0 Å². The number of aromatic nitrogens is 2. The molecule has 1 aromatic carbocycles. The van der Waals surface area contributed by atoms with Crippen molar-refractivity contribution < 1.29 is 37.3 Å². The third-order valence-electron chi connectivity index (χ3n) is 1.33. The number of nitrogens with zero attached hydrogens (tertiary/aromatic N) is 1. The smallest absolute Gasteiger partial charge is 0.0931 e. The average molecular weight is 285 g/mol. The van der Waals surface area contributed by atoms with Crippen molar-refractivity contribution in [2.45, 2.75) is 0 Å². The van der Waals surface area contributed by atoms with Gasteiger partial charge in [-0.15, -0.1) is 0 Å². The predicted molar refractivity (Wildman–Crippen MR) is 36.1 cm³/mol. The second-order valence-electron chi connectivity index (χ2n) is 1.92. The van der Waals surface area contributed by atoms with Gasteiger partial charge < -0.3 is 4.98 Å². The molecule has 1 aromatic heterocycles. The summed E-state index contributed by atoms with van der Waals surface area (Å²) in [5.74, 6) is 0. The van der Waals surface area contributed by atoms with E-state index in [-0.39, 0.29) is 37.3 Å². The zero-order valence-electron chi connectivity index (χ0n) is 5.12. The minimum absolute atomic E-state index is 0. The number of fused-ring (bicyclic) bond motifs is 1. The second kappa shape index (κ2) is 3.36. The van der Waals surface area contributed by atoms with Crippen molar-refractivity contribution in [1.29, 1.82) is 0 Å². The summed E-state index contributed by atoms with van der Waals surface area (Å²) in [7, 11) is 0. The molecule has 0 radical (unpaired) electrons. The number of H-pyrrole nitrogens is 1. The largest absolute Gasteiger partial charge is 0.345 e. The van der Waals surface area contributed by atoms with Gasteiger partial charge in [-0.25, -0.2) is 4.98 Å². The molecule has 1 heterocycles.